The Morgan fingerprint density at radius 1 is 1.11 bits per heavy atom. The molecule has 1 fully saturated rings. The zero-order chi connectivity index (χ0) is 23.6. The van der Waals surface area contributed by atoms with Crippen LogP contribution in [0.25, 0.3) is 11.0 Å². The third-order valence-corrected chi connectivity index (χ3v) is 7.22. The van der Waals surface area contributed by atoms with Crippen molar-refractivity contribution in [3.8, 4) is 23.1 Å². The minimum Gasteiger partial charge on any atom is -0.491 e. The lowest BCUT2D eigenvalue weighted by Crippen LogP contribution is -2.44. The van der Waals surface area contributed by atoms with Gasteiger partial charge in [-0.15, -0.1) is 0 Å². The van der Waals surface area contributed by atoms with Gasteiger partial charge in [-0.2, -0.15) is 0 Å². The second kappa shape index (κ2) is 9.83. The van der Waals surface area contributed by atoms with E-state index in [-0.39, 0.29) is 5.92 Å². The summed E-state index contributed by atoms with van der Waals surface area (Å²) in [5, 5.41) is 7.41. The van der Waals surface area contributed by atoms with Gasteiger partial charge in [-0.3, -0.25) is 9.97 Å². The van der Waals surface area contributed by atoms with Crippen LogP contribution < -0.4 is 29.6 Å². The predicted molar refractivity (Wildman–Crippen MR) is 130 cm³/mol. The van der Waals surface area contributed by atoms with Gasteiger partial charge < -0.3 is 29.6 Å². The molecule has 0 aliphatic carbocycles. The van der Waals surface area contributed by atoms with E-state index in [1.807, 2.05) is 24.4 Å². The smallest absolute Gasteiger partial charge is 0.213 e. The first-order valence-electron chi connectivity index (χ1n) is 12.4. The largest absolute Gasteiger partial charge is 0.491 e. The summed E-state index contributed by atoms with van der Waals surface area (Å²) < 4.78 is 22.8. The highest BCUT2D eigenvalue weighted by Gasteiger charge is 2.33. The summed E-state index contributed by atoms with van der Waals surface area (Å²) in [6.07, 6.45) is 6.93. The highest BCUT2D eigenvalue weighted by Crippen LogP contribution is 2.41. The van der Waals surface area contributed by atoms with Crippen molar-refractivity contribution in [3.63, 3.8) is 0 Å². The molecule has 6 heterocycles. The fourth-order valence-electron chi connectivity index (χ4n) is 5.43. The summed E-state index contributed by atoms with van der Waals surface area (Å²) in [4.78, 5) is 13.9. The van der Waals surface area contributed by atoms with E-state index in [9.17, 15) is 0 Å². The number of pyridine rings is 3. The molecular formula is C26H31N5O4. The van der Waals surface area contributed by atoms with E-state index in [2.05, 4.69) is 20.6 Å². The second-order valence-electron chi connectivity index (χ2n) is 9.41. The van der Waals surface area contributed by atoms with Crippen LogP contribution in [0.15, 0.2) is 30.6 Å². The number of nitrogens with zero attached hydrogens (tertiary/aromatic N) is 3. The zero-order valence-corrected chi connectivity index (χ0v) is 20.0. The summed E-state index contributed by atoms with van der Waals surface area (Å²) in [6, 6.07) is 6.10. The van der Waals surface area contributed by atoms with Crippen molar-refractivity contribution < 1.29 is 18.9 Å². The Morgan fingerprint density at radius 3 is 2.86 bits per heavy atom. The molecule has 35 heavy (non-hydrogen) atoms. The molecule has 3 aromatic heterocycles. The monoisotopic (exact) mass is 477 g/mol. The number of nitrogens with one attached hydrogen (secondary N) is 2. The number of fused-ring (bicyclic) bond motifs is 4. The minimum atomic E-state index is 0.225. The number of hydrogen-bond acceptors (Lipinski definition) is 9. The fourth-order valence-corrected chi connectivity index (χ4v) is 5.43. The van der Waals surface area contributed by atoms with E-state index < -0.39 is 0 Å². The third-order valence-electron chi connectivity index (χ3n) is 7.22. The van der Waals surface area contributed by atoms with Gasteiger partial charge in [0.25, 0.3) is 0 Å². The molecule has 3 atom stereocenters. The first kappa shape index (κ1) is 22.3. The van der Waals surface area contributed by atoms with Gasteiger partial charge in [0.1, 0.15) is 24.5 Å². The van der Waals surface area contributed by atoms with Crippen molar-refractivity contribution in [1.29, 1.82) is 0 Å². The predicted octanol–water partition coefficient (Wildman–Crippen LogP) is 2.83. The molecule has 3 aromatic rings. The van der Waals surface area contributed by atoms with Crippen LogP contribution in [0.3, 0.4) is 0 Å². The lowest BCUT2D eigenvalue weighted by atomic mass is 9.83. The molecule has 0 bridgehead atoms. The topological polar surface area (TPSA) is 99.7 Å². The molecule has 3 aliphatic heterocycles. The van der Waals surface area contributed by atoms with Gasteiger partial charge in [-0.1, -0.05) is 0 Å². The number of hydrogen-bond donors (Lipinski definition) is 2. The molecule has 2 N–H and O–H groups in total. The molecule has 0 aromatic carbocycles. The van der Waals surface area contributed by atoms with Crippen LogP contribution in [0.5, 0.6) is 23.1 Å². The van der Waals surface area contributed by atoms with E-state index in [0.717, 1.165) is 59.0 Å². The Kier molecular flexibility index (Phi) is 6.26. The van der Waals surface area contributed by atoms with Gasteiger partial charge in [-0.25, -0.2) is 4.98 Å². The van der Waals surface area contributed by atoms with Crippen molar-refractivity contribution in [2.24, 2.45) is 5.92 Å². The molecule has 0 radical (unpaired) electrons. The quantitative estimate of drug-likeness (QED) is 0.532. The first-order chi connectivity index (χ1) is 17.3. The minimum absolute atomic E-state index is 0.225. The maximum absolute atomic E-state index is 6.08. The Labute approximate surface area is 204 Å². The van der Waals surface area contributed by atoms with E-state index >= 15 is 0 Å². The number of methoxy groups -OCH3 is 1. The highest BCUT2D eigenvalue weighted by molar-refractivity contribution is 5.81. The SMILES string of the molecule is COc1ccc2ncc3c(c2n1)C(CC(NCc1cc2c(cn1)OCCO2)[C@H]1CCCNC1)CO3. The average molecular weight is 478 g/mol. The van der Waals surface area contributed by atoms with Crippen LogP contribution in [-0.2, 0) is 6.54 Å². The maximum atomic E-state index is 6.08. The van der Waals surface area contributed by atoms with Gasteiger partial charge in [0.2, 0.25) is 5.88 Å². The van der Waals surface area contributed by atoms with E-state index in [1.165, 1.54) is 12.8 Å². The van der Waals surface area contributed by atoms with Crippen molar-refractivity contribution in [3.05, 3.63) is 41.9 Å². The lowest BCUT2D eigenvalue weighted by molar-refractivity contribution is 0.170. The summed E-state index contributed by atoms with van der Waals surface area (Å²) in [5.41, 5.74) is 3.83. The highest BCUT2D eigenvalue weighted by atomic mass is 16.6. The van der Waals surface area contributed by atoms with Crippen molar-refractivity contribution in [2.75, 3.05) is 40.0 Å². The Hall–Kier alpha value is -3.17. The molecular weight excluding hydrogens is 446 g/mol. The van der Waals surface area contributed by atoms with Crippen LogP contribution in [0.2, 0.25) is 0 Å². The summed E-state index contributed by atoms with van der Waals surface area (Å²) in [6.45, 7) is 4.54. The molecule has 0 saturated carbocycles. The molecule has 1 saturated heterocycles. The summed E-state index contributed by atoms with van der Waals surface area (Å²) >= 11 is 0. The van der Waals surface area contributed by atoms with Crippen molar-refractivity contribution >= 4 is 11.0 Å². The van der Waals surface area contributed by atoms with Crippen LogP contribution in [0.4, 0.5) is 0 Å². The number of ether oxygens (including phenoxy) is 4. The van der Waals surface area contributed by atoms with Crippen LogP contribution in [-0.4, -0.2) is 61.0 Å². The Balaban J connectivity index is 1.24. The lowest BCUT2D eigenvalue weighted by Gasteiger charge is -2.33. The van der Waals surface area contributed by atoms with Gasteiger partial charge in [-0.05, 0) is 44.3 Å². The van der Waals surface area contributed by atoms with Crippen molar-refractivity contribution in [1.82, 2.24) is 25.6 Å². The summed E-state index contributed by atoms with van der Waals surface area (Å²) in [5.74, 6) is 3.67. The van der Waals surface area contributed by atoms with E-state index in [0.29, 0.717) is 44.2 Å². The molecule has 0 spiro atoms. The van der Waals surface area contributed by atoms with E-state index in [4.69, 9.17) is 23.9 Å². The average Bonchev–Trinajstić information content (AvgIpc) is 3.34. The molecule has 184 valence electrons. The van der Waals surface area contributed by atoms with Crippen molar-refractivity contribution in [2.45, 2.75) is 37.8 Å². The van der Waals surface area contributed by atoms with E-state index in [1.54, 1.807) is 13.3 Å². The summed E-state index contributed by atoms with van der Waals surface area (Å²) in [7, 11) is 1.64. The number of piperidine rings is 1. The normalized spacial score (nSPS) is 21.9. The molecule has 3 aliphatic rings. The molecule has 9 nitrogen and oxygen atoms in total. The van der Waals surface area contributed by atoms with Crippen LogP contribution in [0, 0.1) is 5.92 Å². The van der Waals surface area contributed by atoms with Crippen LogP contribution >= 0.6 is 0 Å². The van der Waals surface area contributed by atoms with Gasteiger partial charge in [0.15, 0.2) is 11.5 Å². The second-order valence-corrected chi connectivity index (χ2v) is 9.41. The zero-order valence-electron chi connectivity index (χ0n) is 20.0. The van der Waals surface area contributed by atoms with Gasteiger partial charge in [0.05, 0.1) is 37.3 Å². The maximum Gasteiger partial charge on any atom is 0.213 e. The van der Waals surface area contributed by atoms with Gasteiger partial charge >= 0.3 is 0 Å². The standard InChI is InChI=1S/C26H31N5O4/c1-32-24-5-4-19-26(31-24)25-17(15-35-23(25)14-30-19)9-20(16-3-2-6-27-11-16)29-12-18-10-21-22(13-28-18)34-8-7-33-21/h4-5,10,13-14,16-17,20,27,29H,2-3,6-9,11-12,15H2,1H3/t16-,17?,20?/m0/s1. The third kappa shape index (κ3) is 4.58. The molecule has 0 amide bonds. The fraction of sp³-hybridized carbons (Fsp3) is 0.500. The number of rotatable bonds is 7. The molecule has 2 unspecified atom stereocenters. The van der Waals surface area contributed by atoms with Gasteiger partial charge in [0, 0.05) is 36.2 Å². The Bertz CT molecular complexity index is 1200. The Morgan fingerprint density at radius 2 is 2.00 bits per heavy atom. The first-order valence-corrected chi connectivity index (χ1v) is 12.4. The molecule has 9 heteroatoms. The number of aromatic nitrogens is 3. The molecule has 6 rings (SSSR count). The van der Waals surface area contributed by atoms with Crippen LogP contribution in [0.1, 0.15) is 36.4 Å².